The Balaban J connectivity index is 1.41. The first kappa shape index (κ1) is 20.0. The molecule has 0 radical (unpaired) electrons. The third-order valence-corrected chi connectivity index (χ3v) is 7.74. The van der Waals surface area contributed by atoms with E-state index in [1.165, 1.54) is 26.4 Å². The van der Waals surface area contributed by atoms with E-state index < -0.39 is 0 Å². The van der Waals surface area contributed by atoms with Crippen molar-refractivity contribution in [3.63, 3.8) is 0 Å². The fourth-order valence-electron chi connectivity index (χ4n) is 6.13. The first-order chi connectivity index (χ1) is 14.3. The molecule has 5 fully saturated rings. The van der Waals surface area contributed by atoms with Gasteiger partial charge in [-0.25, -0.2) is 0 Å². The van der Waals surface area contributed by atoms with Gasteiger partial charge >= 0.3 is 5.97 Å². The molecule has 0 atom stereocenters. The zero-order valence-electron chi connectivity index (χ0n) is 16.6. The zero-order chi connectivity index (χ0) is 21.0. The molecule has 0 unspecified atom stereocenters. The van der Waals surface area contributed by atoms with E-state index >= 15 is 0 Å². The van der Waals surface area contributed by atoms with Crippen LogP contribution in [-0.2, 0) is 9.59 Å². The van der Waals surface area contributed by atoms with Crippen molar-refractivity contribution in [1.82, 2.24) is 10.6 Å². The van der Waals surface area contributed by atoms with Gasteiger partial charge in [-0.1, -0.05) is 0 Å². The summed E-state index contributed by atoms with van der Waals surface area (Å²) in [5, 5.41) is 5.63. The van der Waals surface area contributed by atoms with E-state index in [0.717, 1.165) is 24.8 Å². The number of carbonyl (C=O) groups is 2. The van der Waals surface area contributed by atoms with Crippen molar-refractivity contribution < 1.29 is 19.1 Å². The summed E-state index contributed by atoms with van der Waals surface area (Å²) >= 11 is 8.49. The number of carbonyl (C=O) groups excluding carboxylic acids is 2. The number of hydrogen-bond acceptors (Lipinski definition) is 5. The number of benzene rings is 1. The first-order valence-corrected chi connectivity index (χ1v) is 11.5. The van der Waals surface area contributed by atoms with Crippen LogP contribution in [0, 0.1) is 23.2 Å². The van der Waals surface area contributed by atoms with E-state index in [1.807, 2.05) is 0 Å². The fraction of sp³-hybridized carbons (Fsp3) is 0.500. The minimum Gasteiger partial charge on any atom is -0.493 e. The topological polar surface area (TPSA) is 76.7 Å². The smallest absolute Gasteiger partial charge is 0.317 e. The van der Waals surface area contributed by atoms with Crippen molar-refractivity contribution in [3.8, 4) is 11.5 Å². The number of amides is 1. The molecule has 4 aliphatic carbocycles. The van der Waals surface area contributed by atoms with Crippen LogP contribution in [0.4, 0.5) is 0 Å². The van der Waals surface area contributed by atoms with Gasteiger partial charge in [0.1, 0.15) is 5.70 Å². The van der Waals surface area contributed by atoms with Crippen molar-refractivity contribution in [2.45, 2.75) is 38.5 Å². The summed E-state index contributed by atoms with van der Waals surface area (Å²) in [4.78, 5) is 25.2. The molecule has 0 aromatic heterocycles. The Bertz CT molecular complexity index is 954. The number of esters is 1. The largest absolute Gasteiger partial charge is 0.493 e. The maximum atomic E-state index is 13.3. The molecule has 0 spiro atoms. The molecular weight excluding hydrogens is 468 g/mol. The Morgan fingerprint density at radius 3 is 2.33 bits per heavy atom. The molecule has 1 aromatic carbocycles. The number of ether oxygens (including phenoxy) is 2. The number of rotatable bonds is 4. The Kier molecular flexibility index (Phi) is 4.89. The molecule has 4 bridgehead atoms. The molecule has 8 heteroatoms. The Hall–Kier alpha value is -1.93. The second kappa shape index (κ2) is 7.34. The van der Waals surface area contributed by atoms with Crippen molar-refractivity contribution in [2.75, 3.05) is 7.11 Å². The van der Waals surface area contributed by atoms with Crippen LogP contribution >= 0.6 is 28.1 Å². The lowest BCUT2D eigenvalue weighted by Crippen LogP contribution is -2.51. The number of halogens is 1. The van der Waals surface area contributed by atoms with Crippen LogP contribution in [0.5, 0.6) is 11.5 Å². The highest BCUT2D eigenvalue weighted by Crippen LogP contribution is 2.60. The van der Waals surface area contributed by atoms with Gasteiger partial charge in [0.05, 0.1) is 17.0 Å². The van der Waals surface area contributed by atoms with Gasteiger partial charge in [-0.2, -0.15) is 0 Å². The van der Waals surface area contributed by atoms with Crippen molar-refractivity contribution >= 4 is 51.2 Å². The molecule has 1 heterocycles. The molecule has 158 valence electrons. The minimum absolute atomic E-state index is 0.131. The summed E-state index contributed by atoms with van der Waals surface area (Å²) in [6.45, 7) is 0. The Labute approximate surface area is 188 Å². The van der Waals surface area contributed by atoms with Crippen LogP contribution in [0.1, 0.15) is 44.1 Å². The van der Waals surface area contributed by atoms with Crippen molar-refractivity contribution in [1.29, 1.82) is 0 Å². The average Bonchev–Trinajstić information content (AvgIpc) is 2.99. The van der Waals surface area contributed by atoms with Crippen LogP contribution in [0.25, 0.3) is 6.08 Å². The Morgan fingerprint density at radius 1 is 1.17 bits per heavy atom. The normalized spacial score (nSPS) is 32.9. The molecule has 1 aromatic rings. The molecule has 4 saturated carbocycles. The third kappa shape index (κ3) is 3.43. The van der Waals surface area contributed by atoms with Crippen LogP contribution < -0.4 is 20.1 Å². The molecule has 5 aliphatic rings. The predicted molar refractivity (Wildman–Crippen MR) is 119 cm³/mol. The van der Waals surface area contributed by atoms with Gasteiger partial charge in [-0.05, 0) is 108 Å². The van der Waals surface area contributed by atoms with E-state index in [2.05, 4.69) is 26.6 Å². The van der Waals surface area contributed by atoms with E-state index in [-0.39, 0.29) is 22.4 Å². The summed E-state index contributed by atoms with van der Waals surface area (Å²) < 4.78 is 12.1. The molecule has 2 N–H and O–H groups in total. The van der Waals surface area contributed by atoms with Gasteiger partial charge in [0, 0.05) is 0 Å². The number of thiocarbonyl (C=S) groups is 1. The fourth-order valence-corrected chi connectivity index (χ4v) is 6.88. The molecule has 1 aliphatic heterocycles. The van der Waals surface area contributed by atoms with E-state index in [1.54, 1.807) is 18.2 Å². The first-order valence-electron chi connectivity index (χ1n) is 10.3. The lowest BCUT2D eigenvalue weighted by molar-refractivity contribution is -0.161. The van der Waals surface area contributed by atoms with Crippen LogP contribution in [0.3, 0.4) is 0 Å². The highest BCUT2D eigenvalue weighted by atomic mass is 79.9. The van der Waals surface area contributed by atoms with Crippen LogP contribution in [-0.4, -0.2) is 24.1 Å². The zero-order valence-corrected chi connectivity index (χ0v) is 19.0. The summed E-state index contributed by atoms with van der Waals surface area (Å²) in [6, 6.07) is 3.55. The summed E-state index contributed by atoms with van der Waals surface area (Å²) in [5.74, 6) is 2.41. The lowest BCUT2D eigenvalue weighted by atomic mass is 9.49. The second-order valence-electron chi connectivity index (χ2n) is 9.09. The van der Waals surface area contributed by atoms with E-state index in [0.29, 0.717) is 39.4 Å². The summed E-state index contributed by atoms with van der Waals surface area (Å²) in [7, 11) is 1.54. The van der Waals surface area contributed by atoms with Gasteiger partial charge in [0.15, 0.2) is 16.6 Å². The van der Waals surface area contributed by atoms with Gasteiger partial charge in [0.2, 0.25) is 0 Å². The molecule has 30 heavy (non-hydrogen) atoms. The predicted octanol–water partition coefficient (Wildman–Crippen LogP) is 3.92. The quantitative estimate of drug-likeness (QED) is 0.288. The summed E-state index contributed by atoms with van der Waals surface area (Å²) in [6.07, 6.45) is 8.33. The highest BCUT2D eigenvalue weighted by molar-refractivity contribution is 9.10. The van der Waals surface area contributed by atoms with Gasteiger partial charge in [-0.15, -0.1) is 0 Å². The number of methoxy groups -OCH3 is 1. The molecule has 6 rings (SSSR count). The van der Waals surface area contributed by atoms with Crippen LogP contribution in [0.15, 0.2) is 22.3 Å². The molecule has 1 amide bonds. The molecular formula is C22H23BrN2O4S. The lowest BCUT2D eigenvalue weighted by Gasteiger charge is -2.55. The van der Waals surface area contributed by atoms with Gasteiger partial charge in [-0.3, -0.25) is 14.9 Å². The summed E-state index contributed by atoms with van der Waals surface area (Å²) in [5.41, 5.74) is 0.726. The second-order valence-corrected chi connectivity index (χ2v) is 10.4. The standard InChI is InChI=1S/C22H23BrN2O4S/c1-28-17-7-11(6-16-19(26)25-21(30)24-16)5-15(23)18(17)29-20(27)22-8-12-2-13(9-22)4-14(3-12)10-22/h5-7,12-14H,2-4,8-10H2,1H3,(H2,24,25,26,30)/b16-6+. The maximum absolute atomic E-state index is 13.3. The monoisotopic (exact) mass is 490 g/mol. The third-order valence-electron chi connectivity index (χ3n) is 6.95. The van der Waals surface area contributed by atoms with Crippen molar-refractivity contribution in [3.05, 3.63) is 27.9 Å². The molecule has 1 saturated heterocycles. The maximum Gasteiger partial charge on any atom is 0.317 e. The SMILES string of the molecule is COc1cc(/C=C2/NC(=S)NC2=O)cc(Br)c1OC(=O)C12CC3CC(CC(C3)C1)C2. The van der Waals surface area contributed by atoms with Crippen molar-refractivity contribution in [2.24, 2.45) is 23.2 Å². The average molecular weight is 491 g/mol. The minimum atomic E-state index is -0.346. The Morgan fingerprint density at radius 2 is 1.80 bits per heavy atom. The number of hydrogen-bond donors (Lipinski definition) is 2. The number of nitrogens with one attached hydrogen (secondary N) is 2. The van der Waals surface area contributed by atoms with Crippen LogP contribution in [0.2, 0.25) is 0 Å². The molecule has 6 nitrogen and oxygen atoms in total. The van der Waals surface area contributed by atoms with Gasteiger partial charge < -0.3 is 14.8 Å². The van der Waals surface area contributed by atoms with E-state index in [4.69, 9.17) is 21.7 Å². The highest BCUT2D eigenvalue weighted by Gasteiger charge is 2.55. The van der Waals surface area contributed by atoms with E-state index in [9.17, 15) is 9.59 Å². The van der Waals surface area contributed by atoms with Gasteiger partial charge in [0.25, 0.3) is 5.91 Å².